The van der Waals surface area contributed by atoms with Crippen LogP contribution in [0.2, 0.25) is 0 Å². The molecule has 1 N–H and O–H groups in total. The fourth-order valence-corrected chi connectivity index (χ4v) is 1.76. The highest BCUT2D eigenvalue weighted by Crippen LogP contribution is 2.15. The van der Waals surface area contributed by atoms with Crippen molar-refractivity contribution in [2.75, 3.05) is 13.2 Å². The van der Waals surface area contributed by atoms with Gasteiger partial charge in [-0.15, -0.1) is 0 Å². The van der Waals surface area contributed by atoms with Gasteiger partial charge in [0.2, 0.25) is 0 Å². The summed E-state index contributed by atoms with van der Waals surface area (Å²) in [6.07, 6.45) is 6.97. The van der Waals surface area contributed by atoms with Gasteiger partial charge in [-0.25, -0.2) is 0 Å². The predicted molar refractivity (Wildman–Crippen MR) is 65.2 cm³/mol. The van der Waals surface area contributed by atoms with Crippen LogP contribution in [-0.4, -0.2) is 24.3 Å². The van der Waals surface area contributed by atoms with Gasteiger partial charge in [-0.2, -0.15) is 0 Å². The molecule has 0 unspecified atom stereocenters. The van der Waals surface area contributed by atoms with Gasteiger partial charge in [-0.05, 0) is 32.1 Å². The van der Waals surface area contributed by atoms with Gasteiger partial charge in [-0.1, -0.05) is 26.2 Å². The number of unbranched alkanes of at least 4 members (excludes halogenated alkanes) is 2. The van der Waals surface area contributed by atoms with E-state index in [1.54, 1.807) is 0 Å². The molecule has 0 aliphatic rings. The first-order chi connectivity index (χ1) is 7.70. The average Bonchev–Trinajstić information content (AvgIpc) is 2.26. The van der Waals surface area contributed by atoms with Crippen LogP contribution in [0.25, 0.3) is 0 Å². The molecule has 0 bridgehead atoms. The van der Waals surface area contributed by atoms with Crippen molar-refractivity contribution in [3.63, 3.8) is 0 Å². The van der Waals surface area contributed by atoms with Crippen LogP contribution in [0.4, 0.5) is 0 Å². The number of rotatable bonds is 10. The molecule has 16 heavy (non-hydrogen) atoms. The lowest BCUT2D eigenvalue weighted by Gasteiger charge is -2.09. The zero-order chi connectivity index (χ0) is 12.2. The van der Waals surface area contributed by atoms with Crippen molar-refractivity contribution in [3.8, 4) is 0 Å². The molecule has 0 fully saturated rings. The van der Waals surface area contributed by atoms with Gasteiger partial charge in [0.05, 0.1) is 6.61 Å². The largest absolute Gasteiger partial charge is 0.466 e. The lowest BCUT2D eigenvalue weighted by Crippen LogP contribution is -2.03. The second-order valence-corrected chi connectivity index (χ2v) is 4.38. The maximum atomic E-state index is 11.0. The first-order valence-electron chi connectivity index (χ1n) is 6.47. The number of carbonyl (C=O) groups is 1. The van der Waals surface area contributed by atoms with Crippen LogP contribution >= 0.6 is 0 Å². The number of aliphatic hydroxyl groups is 1. The van der Waals surface area contributed by atoms with Crippen molar-refractivity contribution in [1.29, 1.82) is 0 Å². The fraction of sp³-hybridized carbons (Fsp3) is 0.923. The van der Waals surface area contributed by atoms with Crippen LogP contribution in [-0.2, 0) is 9.53 Å². The number of hydrogen-bond acceptors (Lipinski definition) is 3. The average molecular weight is 230 g/mol. The second kappa shape index (κ2) is 10.9. The summed E-state index contributed by atoms with van der Waals surface area (Å²) in [7, 11) is 0. The Morgan fingerprint density at radius 3 is 2.50 bits per heavy atom. The van der Waals surface area contributed by atoms with Gasteiger partial charge in [0.25, 0.3) is 0 Å². The molecule has 0 aromatic heterocycles. The standard InChI is InChI=1S/C13H26O3/c1-3-16-13(15)10-6-4-5-8-12(2)9-7-11-14/h12,14H,3-11H2,1-2H3/t12-/m0/s1. The van der Waals surface area contributed by atoms with Gasteiger partial charge in [0, 0.05) is 13.0 Å². The quantitative estimate of drug-likeness (QED) is 0.463. The summed E-state index contributed by atoms with van der Waals surface area (Å²) in [6.45, 7) is 4.84. The summed E-state index contributed by atoms with van der Waals surface area (Å²) in [6, 6.07) is 0. The van der Waals surface area contributed by atoms with E-state index in [9.17, 15) is 4.79 Å². The Labute approximate surface area is 99.2 Å². The van der Waals surface area contributed by atoms with Crippen molar-refractivity contribution < 1.29 is 14.6 Å². The Kier molecular flexibility index (Phi) is 10.5. The Morgan fingerprint density at radius 1 is 1.19 bits per heavy atom. The summed E-state index contributed by atoms with van der Waals surface area (Å²) in [5, 5.41) is 8.68. The molecule has 0 saturated carbocycles. The SMILES string of the molecule is CCOC(=O)CCCCC[C@H](C)CCCO. The minimum Gasteiger partial charge on any atom is -0.466 e. The molecule has 0 spiro atoms. The maximum Gasteiger partial charge on any atom is 0.305 e. The van der Waals surface area contributed by atoms with Crippen LogP contribution < -0.4 is 0 Å². The minimum atomic E-state index is -0.0733. The van der Waals surface area contributed by atoms with Gasteiger partial charge < -0.3 is 9.84 Å². The van der Waals surface area contributed by atoms with Gasteiger partial charge >= 0.3 is 5.97 Å². The van der Waals surface area contributed by atoms with Crippen LogP contribution in [0.5, 0.6) is 0 Å². The lowest BCUT2D eigenvalue weighted by molar-refractivity contribution is -0.143. The Hall–Kier alpha value is -0.570. The topological polar surface area (TPSA) is 46.5 Å². The first-order valence-corrected chi connectivity index (χ1v) is 6.47. The van der Waals surface area contributed by atoms with Crippen LogP contribution in [0.3, 0.4) is 0 Å². The van der Waals surface area contributed by atoms with Crippen molar-refractivity contribution >= 4 is 5.97 Å². The molecule has 0 saturated heterocycles. The van der Waals surface area contributed by atoms with Crippen molar-refractivity contribution in [3.05, 3.63) is 0 Å². The maximum absolute atomic E-state index is 11.0. The van der Waals surface area contributed by atoms with Crippen molar-refractivity contribution in [2.24, 2.45) is 5.92 Å². The molecule has 3 nitrogen and oxygen atoms in total. The Bertz CT molecular complexity index is 169. The molecule has 0 aromatic carbocycles. The zero-order valence-corrected chi connectivity index (χ0v) is 10.7. The molecule has 0 radical (unpaired) electrons. The van der Waals surface area contributed by atoms with E-state index >= 15 is 0 Å². The zero-order valence-electron chi connectivity index (χ0n) is 10.7. The fourth-order valence-electron chi connectivity index (χ4n) is 1.76. The van der Waals surface area contributed by atoms with E-state index in [2.05, 4.69) is 6.92 Å². The molecule has 1 atom stereocenters. The van der Waals surface area contributed by atoms with Crippen LogP contribution in [0, 0.1) is 5.92 Å². The Morgan fingerprint density at radius 2 is 1.88 bits per heavy atom. The number of aliphatic hydroxyl groups excluding tert-OH is 1. The van der Waals surface area contributed by atoms with Gasteiger partial charge in [-0.3, -0.25) is 4.79 Å². The molecule has 3 heteroatoms. The molecule has 0 amide bonds. The van der Waals surface area contributed by atoms with Gasteiger partial charge in [0.15, 0.2) is 0 Å². The van der Waals surface area contributed by atoms with Crippen LogP contribution in [0.15, 0.2) is 0 Å². The second-order valence-electron chi connectivity index (χ2n) is 4.38. The lowest BCUT2D eigenvalue weighted by atomic mass is 9.98. The van der Waals surface area contributed by atoms with Crippen molar-refractivity contribution in [1.82, 2.24) is 0 Å². The van der Waals surface area contributed by atoms with Gasteiger partial charge in [0.1, 0.15) is 0 Å². The highest BCUT2D eigenvalue weighted by Gasteiger charge is 2.03. The molecule has 96 valence electrons. The number of ether oxygens (including phenoxy) is 1. The summed E-state index contributed by atoms with van der Waals surface area (Å²) in [4.78, 5) is 11.0. The number of hydrogen-bond donors (Lipinski definition) is 1. The highest BCUT2D eigenvalue weighted by atomic mass is 16.5. The molecule has 0 aliphatic heterocycles. The molecule has 0 rings (SSSR count). The minimum absolute atomic E-state index is 0.0733. The molecular weight excluding hydrogens is 204 g/mol. The number of carbonyl (C=O) groups excluding carboxylic acids is 1. The van der Waals surface area contributed by atoms with Crippen LogP contribution in [0.1, 0.15) is 58.8 Å². The third-order valence-corrected chi connectivity index (χ3v) is 2.74. The normalized spacial score (nSPS) is 12.4. The number of esters is 1. The molecular formula is C13H26O3. The van der Waals surface area contributed by atoms with E-state index in [-0.39, 0.29) is 5.97 Å². The van der Waals surface area contributed by atoms with E-state index in [1.807, 2.05) is 6.92 Å². The first kappa shape index (κ1) is 15.4. The third kappa shape index (κ3) is 9.97. The summed E-state index contributed by atoms with van der Waals surface area (Å²) in [5.41, 5.74) is 0. The highest BCUT2D eigenvalue weighted by molar-refractivity contribution is 5.69. The smallest absolute Gasteiger partial charge is 0.305 e. The Balaban J connectivity index is 3.23. The van der Waals surface area contributed by atoms with Crippen molar-refractivity contribution in [2.45, 2.75) is 58.8 Å². The molecule has 0 aliphatic carbocycles. The third-order valence-electron chi connectivity index (χ3n) is 2.74. The van der Waals surface area contributed by atoms with E-state index in [0.717, 1.165) is 25.7 Å². The summed E-state index contributed by atoms with van der Waals surface area (Å²) < 4.78 is 4.86. The molecule has 0 aromatic rings. The molecule has 0 heterocycles. The van der Waals surface area contributed by atoms with E-state index in [1.165, 1.54) is 12.8 Å². The monoisotopic (exact) mass is 230 g/mol. The van der Waals surface area contributed by atoms with E-state index < -0.39 is 0 Å². The van der Waals surface area contributed by atoms with E-state index in [4.69, 9.17) is 9.84 Å². The predicted octanol–water partition coefficient (Wildman–Crippen LogP) is 2.91. The van der Waals surface area contributed by atoms with E-state index in [0.29, 0.717) is 25.6 Å². The summed E-state index contributed by atoms with van der Waals surface area (Å²) in [5.74, 6) is 0.616. The summed E-state index contributed by atoms with van der Waals surface area (Å²) >= 11 is 0.